The van der Waals surface area contributed by atoms with Gasteiger partial charge in [-0.3, -0.25) is 9.59 Å². The molecule has 47 heavy (non-hydrogen) atoms. The molecule has 0 unspecified atom stereocenters. The Kier molecular flexibility index (Phi) is 9.35. The van der Waals surface area contributed by atoms with E-state index < -0.39 is 0 Å². The highest BCUT2D eigenvalue weighted by Crippen LogP contribution is 2.45. The summed E-state index contributed by atoms with van der Waals surface area (Å²) in [6, 6.07) is 18.8. The van der Waals surface area contributed by atoms with Gasteiger partial charge in [-0.2, -0.15) is 0 Å². The normalized spacial score (nSPS) is 15.8. The fourth-order valence-corrected chi connectivity index (χ4v) is 8.79. The molecule has 9 nitrogen and oxygen atoms in total. The fraction of sp³-hybridized carbons (Fsp3) is 0.343. The van der Waals surface area contributed by atoms with E-state index in [1.807, 2.05) is 60.7 Å². The number of benzene rings is 2. The van der Waals surface area contributed by atoms with Crippen LogP contribution in [0, 0.1) is 0 Å². The number of anilines is 3. The van der Waals surface area contributed by atoms with Crippen molar-refractivity contribution in [3.8, 4) is 0 Å². The number of pyridine rings is 1. The maximum atomic E-state index is 13.0. The predicted octanol–water partition coefficient (Wildman–Crippen LogP) is 7.54. The Bertz CT molecular complexity index is 1930. The number of ether oxygens (including phenoxy) is 1. The first-order chi connectivity index (χ1) is 22.8. The minimum atomic E-state index is -0.331. The van der Waals surface area contributed by atoms with Crippen LogP contribution in [0.2, 0.25) is 0 Å². The van der Waals surface area contributed by atoms with Crippen LogP contribution in [0.15, 0.2) is 70.8 Å². The van der Waals surface area contributed by atoms with E-state index in [0.29, 0.717) is 16.8 Å². The summed E-state index contributed by atoms with van der Waals surface area (Å²) in [5.41, 5.74) is 4.35. The molecule has 242 valence electrons. The van der Waals surface area contributed by atoms with Gasteiger partial charge in [0.2, 0.25) is 11.8 Å². The molecule has 2 N–H and O–H groups in total. The maximum Gasteiger partial charge on any atom is 0.234 e. The van der Waals surface area contributed by atoms with Crippen LogP contribution >= 0.6 is 34.9 Å². The number of fused-ring (bicyclic) bond motifs is 5. The van der Waals surface area contributed by atoms with Gasteiger partial charge in [-0.25, -0.2) is 15.0 Å². The quantitative estimate of drug-likeness (QED) is 0.0925. The average molecular weight is 685 g/mol. The number of rotatable bonds is 9. The monoisotopic (exact) mass is 684 g/mol. The van der Waals surface area contributed by atoms with Gasteiger partial charge in [-0.1, -0.05) is 59.9 Å². The summed E-state index contributed by atoms with van der Waals surface area (Å²) >= 11 is 4.26. The Labute approximate surface area is 286 Å². The van der Waals surface area contributed by atoms with Crippen molar-refractivity contribution in [2.24, 2.45) is 0 Å². The molecule has 0 spiro atoms. The molecule has 2 aliphatic rings. The van der Waals surface area contributed by atoms with E-state index in [2.05, 4.69) is 29.4 Å². The number of para-hydroxylation sites is 2. The number of aromatic nitrogens is 3. The number of piperidine rings is 1. The first-order valence-corrected chi connectivity index (χ1v) is 18.6. The summed E-state index contributed by atoms with van der Waals surface area (Å²) in [5, 5.41) is 8.15. The molecule has 5 heterocycles. The van der Waals surface area contributed by atoms with E-state index in [-0.39, 0.29) is 28.9 Å². The molecular formula is C35H36N6O3S3. The minimum absolute atomic E-state index is 0.118. The van der Waals surface area contributed by atoms with E-state index in [1.54, 1.807) is 11.3 Å². The third-order valence-corrected chi connectivity index (χ3v) is 11.3. The van der Waals surface area contributed by atoms with Crippen molar-refractivity contribution in [1.82, 2.24) is 15.0 Å². The Morgan fingerprint density at radius 1 is 0.851 bits per heavy atom. The van der Waals surface area contributed by atoms with Crippen molar-refractivity contribution >= 4 is 84.3 Å². The highest BCUT2D eigenvalue weighted by molar-refractivity contribution is 8.00. The Morgan fingerprint density at radius 2 is 1.49 bits per heavy atom. The van der Waals surface area contributed by atoms with Crippen LogP contribution in [0.5, 0.6) is 0 Å². The molecule has 0 radical (unpaired) electrons. The number of amides is 2. The van der Waals surface area contributed by atoms with Gasteiger partial charge in [-0.05, 0) is 62.9 Å². The zero-order chi connectivity index (χ0) is 32.4. The number of nitrogens with one attached hydrogen (secondary N) is 2. The topological polar surface area (TPSA) is 109 Å². The SMILES string of the molecule is CC1(C)Cc2c(c(N3CCCCC3)nc3sc4c(SCC(=O)Nc5ccccc5)nc(SCC(=O)Nc5ccccc5)nc4c23)CO1. The summed E-state index contributed by atoms with van der Waals surface area (Å²) < 4.78 is 7.25. The van der Waals surface area contributed by atoms with Crippen molar-refractivity contribution < 1.29 is 14.3 Å². The minimum Gasteiger partial charge on any atom is -0.370 e. The lowest BCUT2D eigenvalue weighted by atomic mass is 9.90. The first kappa shape index (κ1) is 31.9. The summed E-state index contributed by atoms with van der Waals surface area (Å²) in [6.07, 6.45) is 4.29. The third kappa shape index (κ3) is 7.25. The van der Waals surface area contributed by atoms with Crippen molar-refractivity contribution in [1.29, 1.82) is 0 Å². The number of nitrogens with zero attached hydrogens (tertiary/aromatic N) is 4. The lowest BCUT2D eigenvalue weighted by molar-refractivity contribution is -0.114. The molecule has 5 aromatic rings. The van der Waals surface area contributed by atoms with E-state index in [0.717, 1.165) is 75.5 Å². The van der Waals surface area contributed by atoms with Crippen LogP contribution in [0.1, 0.15) is 44.2 Å². The van der Waals surface area contributed by atoms with Gasteiger partial charge in [0.1, 0.15) is 15.7 Å². The van der Waals surface area contributed by atoms with Crippen LogP contribution in [-0.2, 0) is 27.4 Å². The molecule has 0 saturated carbocycles. The molecule has 7 rings (SSSR count). The second-order valence-electron chi connectivity index (χ2n) is 12.3. The van der Waals surface area contributed by atoms with Gasteiger partial charge < -0.3 is 20.3 Å². The van der Waals surface area contributed by atoms with Gasteiger partial charge in [0.25, 0.3) is 0 Å². The van der Waals surface area contributed by atoms with E-state index >= 15 is 0 Å². The lowest BCUT2D eigenvalue weighted by Gasteiger charge is -2.36. The molecule has 0 aliphatic carbocycles. The van der Waals surface area contributed by atoms with Crippen molar-refractivity contribution in [3.63, 3.8) is 0 Å². The first-order valence-electron chi connectivity index (χ1n) is 15.8. The number of hydrogen-bond donors (Lipinski definition) is 2. The summed E-state index contributed by atoms with van der Waals surface area (Å²) in [6.45, 7) is 6.74. The second kappa shape index (κ2) is 13.8. The number of hydrogen-bond acceptors (Lipinski definition) is 10. The van der Waals surface area contributed by atoms with Crippen molar-refractivity contribution in [2.75, 3.05) is 40.1 Å². The Morgan fingerprint density at radius 3 is 2.15 bits per heavy atom. The third-order valence-electron chi connectivity index (χ3n) is 8.26. The van der Waals surface area contributed by atoms with Gasteiger partial charge in [0.05, 0.1) is 33.9 Å². The average Bonchev–Trinajstić information content (AvgIpc) is 3.45. The predicted molar refractivity (Wildman–Crippen MR) is 193 cm³/mol. The molecule has 0 atom stereocenters. The van der Waals surface area contributed by atoms with Crippen LogP contribution in [0.4, 0.5) is 17.2 Å². The molecule has 2 aliphatic heterocycles. The maximum absolute atomic E-state index is 13.0. The van der Waals surface area contributed by atoms with Gasteiger partial charge >= 0.3 is 0 Å². The molecule has 0 bridgehead atoms. The summed E-state index contributed by atoms with van der Waals surface area (Å²) in [7, 11) is 0. The standard InChI is InChI=1S/C35H36N6O3S3/c1-35(2)18-24-25(19-44-35)31(41-16-10-5-11-17-41)39-32-28(24)29-30(47-32)33(45-20-26(42)36-22-12-6-3-7-13-22)40-34(38-29)46-21-27(43)37-23-14-8-4-9-15-23/h3-4,6-9,12-15H,5,10-11,16-21H2,1-2H3,(H,36,42)(H,37,43). The van der Waals surface area contributed by atoms with E-state index in [4.69, 9.17) is 19.7 Å². The summed E-state index contributed by atoms with van der Waals surface area (Å²) in [4.78, 5) is 44.4. The van der Waals surface area contributed by atoms with Gasteiger partial charge in [0.15, 0.2) is 5.16 Å². The smallest absolute Gasteiger partial charge is 0.234 e. The van der Waals surface area contributed by atoms with Crippen molar-refractivity contribution in [2.45, 2.75) is 61.9 Å². The number of carbonyl (C=O) groups is 2. The largest absolute Gasteiger partial charge is 0.370 e. The highest BCUT2D eigenvalue weighted by atomic mass is 32.2. The Balaban J connectivity index is 1.27. The Hall–Kier alpha value is -3.71. The number of thioether (sulfide) groups is 2. The molecule has 1 fully saturated rings. The van der Waals surface area contributed by atoms with Crippen LogP contribution in [-0.4, -0.2) is 57.0 Å². The highest BCUT2D eigenvalue weighted by Gasteiger charge is 2.33. The number of thiophene rings is 1. The summed E-state index contributed by atoms with van der Waals surface area (Å²) in [5.74, 6) is 1.09. The molecular weight excluding hydrogens is 649 g/mol. The molecule has 12 heteroatoms. The molecule has 3 aromatic heterocycles. The van der Waals surface area contributed by atoms with Gasteiger partial charge in [-0.15, -0.1) is 11.3 Å². The van der Waals surface area contributed by atoms with Crippen molar-refractivity contribution in [3.05, 3.63) is 71.8 Å². The second-order valence-corrected chi connectivity index (χ2v) is 15.2. The van der Waals surface area contributed by atoms with Crippen LogP contribution in [0.25, 0.3) is 20.4 Å². The molecule has 2 amide bonds. The van der Waals surface area contributed by atoms with Crippen LogP contribution < -0.4 is 15.5 Å². The fourth-order valence-electron chi connectivity index (χ4n) is 6.04. The van der Waals surface area contributed by atoms with Crippen LogP contribution in [0.3, 0.4) is 0 Å². The zero-order valence-corrected chi connectivity index (χ0v) is 28.8. The molecule has 2 aromatic carbocycles. The number of carbonyl (C=O) groups excluding carboxylic acids is 2. The lowest BCUT2D eigenvalue weighted by Crippen LogP contribution is -2.36. The van der Waals surface area contributed by atoms with E-state index in [9.17, 15) is 9.59 Å². The van der Waals surface area contributed by atoms with Gasteiger partial charge in [0, 0.05) is 41.8 Å². The molecule has 1 saturated heterocycles. The zero-order valence-electron chi connectivity index (χ0n) is 26.4. The van der Waals surface area contributed by atoms with E-state index in [1.165, 1.54) is 35.5 Å².